The van der Waals surface area contributed by atoms with Crippen molar-refractivity contribution in [1.29, 1.82) is 0 Å². The molecule has 1 unspecified atom stereocenters. The van der Waals surface area contributed by atoms with E-state index in [4.69, 9.17) is 0 Å². The van der Waals surface area contributed by atoms with Gasteiger partial charge >= 0.3 is 0 Å². The van der Waals surface area contributed by atoms with Crippen LogP contribution in [-0.2, 0) is 6.42 Å². The highest BCUT2D eigenvalue weighted by molar-refractivity contribution is 5.85. The molecule has 2 aromatic carbocycles. The molecule has 0 fully saturated rings. The van der Waals surface area contributed by atoms with Gasteiger partial charge in [-0.2, -0.15) is 0 Å². The molecular formula is C16H19ClN2. The summed E-state index contributed by atoms with van der Waals surface area (Å²) in [5.41, 5.74) is 5.47. The molecule has 0 radical (unpaired) electrons. The van der Waals surface area contributed by atoms with Crippen LogP contribution >= 0.6 is 12.4 Å². The summed E-state index contributed by atoms with van der Waals surface area (Å²) in [5, 5.41) is 6.93. The Balaban J connectivity index is 0.00000133. The Morgan fingerprint density at radius 1 is 1.05 bits per heavy atom. The van der Waals surface area contributed by atoms with E-state index in [2.05, 4.69) is 59.2 Å². The third kappa shape index (κ3) is 2.75. The zero-order valence-electron chi connectivity index (χ0n) is 11.0. The van der Waals surface area contributed by atoms with Crippen molar-refractivity contribution in [3.8, 4) is 0 Å². The number of likely N-dealkylation sites (N-methyl/N-ethyl adjacent to an activating group) is 1. The van der Waals surface area contributed by atoms with Gasteiger partial charge in [-0.05, 0) is 36.2 Å². The topological polar surface area (TPSA) is 24.1 Å². The van der Waals surface area contributed by atoms with Gasteiger partial charge in [0.2, 0.25) is 0 Å². The van der Waals surface area contributed by atoms with Gasteiger partial charge in [0.25, 0.3) is 0 Å². The second-order valence-corrected chi connectivity index (χ2v) is 4.79. The SMILES string of the molecule is CNCC1Nc2ccccc2Cc2ccccc21.Cl. The van der Waals surface area contributed by atoms with Crippen LogP contribution in [-0.4, -0.2) is 13.6 Å². The Morgan fingerprint density at radius 2 is 1.74 bits per heavy atom. The predicted molar refractivity (Wildman–Crippen MR) is 83.2 cm³/mol. The number of benzene rings is 2. The lowest BCUT2D eigenvalue weighted by Gasteiger charge is -2.20. The standard InChI is InChI=1S/C16H18N2.ClH/c1-17-11-16-14-8-4-2-6-12(14)10-13-7-3-5-9-15(13)18-16;/h2-9,16-18H,10-11H2,1H3;1H. The molecule has 1 atom stereocenters. The molecule has 3 heteroatoms. The van der Waals surface area contributed by atoms with E-state index in [9.17, 15) is 0 Å². The minimum absolute atomic E-state index is 0. The van der Waals surface area contributed by atoms with Crippen LogP contribution in [0.2, 0.25) is 0 Å². The Bertz CT molecular complexity index is 554. The Kier molecular flexibility index (Phi) is 4.46. The minimum Gasteiger partial charge on any atom is -0.377 e. The maximum Gasteiger partial charge on any atom is 0.0641 e. The fraction of sp³-hybridized carbons (Fsp3) is 0.250. The number of para-hydroxylation sites is 1. The quantitative estimate of drug-likeness (QED) is 0.877. The molecule has 1 aliphatic rings. The molecule has 0 aliphatic carbocycles. The van der Waals surface area contributed by atoms with E-state index in [0.29, 0.717) is 6.04 Å². The van der Waals surface area contributed by atoms with E-state index >= 15 is 0 Å². The fourth-order valence-corrected chi connectivity index (χ4v) is 2.69. The van der Waals surface area contributed by atoms with Crippen LogP contribution in [0.25, 0.3) is 0 Å². The highest BCUT2D eigenvalue weighted by Crippen LogP contribution is 2.31. The maximum atomic E-state index is 3.65. The molecule has 2 aromatic rings. The molecule has 1 heterocycles. The largest absolute Gasteiger partial charge is 0.377 e. The number of nitrogens with one attached hydrogen (secondary N) is 2. The van der Waals surface area contributed by atoms with Crippen LogP contribution in [0.4, 0.5) is 5.69 Å². The number of fused-ring (bicyclic) bond motifs is 2. The molecule has 0 spiro atoms. The van der Waals surface area contributed by atoms with Gasteiger partial charge in [-0.25, -0.2) is 0 Å². The lowest BCUT2D eigenvalue weighted by molar-refractivity contribution is 0.688. The van der Waals surface area contributed by atoms with Crippen molar-refractivity contribution >= 4 is 18.1 Å². The summed E-state index contributed by atoms with van der Waals surface area (Å²) < 4.78 is 0. The van der Waals surface area contributed by atoms with Crippen molar-refractivity contribution in [2.75, 3.05) is 18.9 Å². The van der Waals surface area contributed by atoms with Crippen molar-refractivity contribution in [1.82, 2.24) is 5.32 Å². The average molecular weight is 275 g/mol. The van der Waals surface area contributed by atoms with E-state index in [1.54, 1.807) is 0 Å². The van der Waals surface area contributed by atoms with Crippen molar-refractivity contribution < 1.29 is 0 Å². The van der Waals surface area contributed by atoms with Gasteiger partial charge in [0.05, 0.1) is 6.04 Å². The summed E-state index contributed by atoms with van der Waals surface area (Å²) >= 11 is 0. The number of hydrogen-bond acceptors (Lipinski definition) is 2. The van der Waals surface area contributed by atoms with Gasteiger partial charge < -0.3 is 10.6 Å². The molecule has 0 bridgehead atoms. The average Bonchev–Trinajstić information content (AvgIpc) is 2.56. The fourth-order valence-electron chi connectivity index (χ4n) is 2.69. The molecule has 0 aromatic heterocycles. The van der Waals surface area contributed by atoms with Crippen molar-refractivity contribution in [3.63, 3.8) is 0 Å². The smallest absolute Gasteiger partial charge is 0.0641 e. The molecule has 19 heavy (non-hydrogen) atoms. The first-order valence-corrected chi connectivity index (χ1v) is 6.45. The summed E-state index contributed by atoms with van der Waals surface area (Å²) in [7, 11) is 2.00. The van der Waals surface area contributed by atoms with Gasteiger partial charge in [0.1, 0.15) is 0 Å². The number of rotatable bonds is 2. The molecule has 1 aliphatic heterocycles. The van der Waals surface area contributed by atoms with Gasteiger partial charge in [0, 0.05) is 12.2 Å². The Morgan fingerprint density at radius 3 is 2.53 bits per heavy atom. The molecule has 100 valence electrons. The number of hydrogen-bond donors (Lipinski definition) is 2. The summed E-state index contributed by atoms with van der Waals surface area (Å²) in [5.74, 6) is 0. The highest BCUT2D eigenvalue weighted by atomic mass is 35.5. The molecule has 0 saturated carbocycles. The van der Waals surface area contributed by atoms with Crippen LogP contribution < -0.4 is 10.6 Å². The molecular weight excluding hydrogens is 256 g/mol. The summed E-state index contributed by atoms with van der Waals surface area (Å²) in [4.78, 5) is 0. The number of halogens is 1. The third-order valence-corrected chi connectivity index (χ3v) is 3.57. The molecule has 3 rings (SSSR count). The van der Waals surface area contributed by atoms with Gasteiger partial charge in [0.15, 0.2) is 0 Å². The number of anilines is 1. The molecule has 0 saturated heterocycles. The van der Waals surface area contributed by atoms with E-state index in [1.807, 2.05) is 7.05 Å². The molecule has 2 N–H and O–H groups in total. The Labute approximate surface area is 120 Å². The molecule has 2 nitrogen and oxygen atoms in total. The maximum absolute atomic E-state index is 3.65. The van der Waals surface area contributed by atoms with Crippen LogP contribution in [0.15, 0.2) is 48.5 Å². The second kappa shape index (κ2) is 6.09. The van der Waals surface area contributed by atoms with Crippen molar-refractivity contribution in [2.45, 2.75) is 12.5 Å². The Hall–Kier alpha value is -1.51. The first-order valence-electron chi connectivity index (χ1n) is 6.45. The minimum atomic E-state index is 0. The van der Waals surface area contributed by atoms with Gasteiger partial charge in [-0.3, -0.25) is 0 Å². The molecule has 0 amide bonds. The summed E-state index contributed by atoms with van der Waals surface area (Å²) in [6, 6.07) is 17.7. The summed E-state index contributed by atoms with van der Waals surface area (Å²) in [6.45, 7) is 0.936. The van der Waals surface area contributed by atoms with E-state index < -0.39 is 0 Å². The van der Waals surface area contributed by atoms with Crippen LogP contribution in [0.1, 0.15) is 22.7 Å². The zero-order chi connectivity index (χ0) is 12.4. The van der Waals surface area contributed by atoms with Crippen molar-refractivity contribution in [3.05, 3.63) is 65.2 Å². The van der Waals surface area contributed by atoms with E-state index in [0.717, 1.165) is 13.0 Å². The zero-order valence-corrected chi connectivity index (χ0v) is 11.8. The monoisotopic (exact) mass is 274 g/mol. The predicted octanol–water partition coefficient (Wildman–Crippen LogP) is 3.39. The van der Waals surface area contributed by atoms with Gasteiger partial charge in [-0.1, -0.05) is 42.5 Å². The first kappa shape index (κ1) is 13.9. The summed E-state index contributed by atoms with van der Waals surface area (Å²) in [6.07, 6.45) is 1.01. The van der Waals surface area contributed by atoms with E-state index in [1.165, 1.54) is 22.4 Å². The normalized spacial score (nSPS) is 16.4. The van der Waals surface area contributed by atoms with Crippen LogP contribution in [0.5, 0.6) is 0 Å². The van der Waals surface area contributed by atoms with Crippen LogP contribution in [0, 0.1) is 0 Å². The van der Waals surface area contributed by atoms with Crippen molar-refractivity contribution in [2.24, 2.45) is 0 Å². The lowest BCUT2D eigenvalue weighted by Crippen LogP contribution is -2.23. The van der Waals surface area contributed by atoms with Crippen LogP contribution in [0.3, 0.4) is 0 Å². The third-order valence-electron chi connectivity index (χ3n) is 3.57. The first-order chi connectivity index (χ1) is 8.88. The van der Waals surface area contributed by atoms with E-state index in [-0.39, 0.29) is 12.4 Å². The lowest BCUT2D eigenvalue weighted by atomic mass is 9.97. The highest BCUT2D eigenvalue weighted by Gasteiger charge is 2.19. The van der Waals surface area contributed by atoms with Gasteiger partial charge in [-0.15, -0.1) is 12.4 Å². The second-order valence-electron chi connectivity index (χ2n) is 4.79.